The number of nitrogens with zero attached hydrogens (tertiary/aromatic N) is 5. The lowest BCUT2D eigenvalue weighted by atomic mass is 9.76. The predicted octanol–water partition coefficient (Wildman–Crippen LogP) is 5.85. The van der Waals surface area contributed by atoms with Gasteiger partial charge in [0.05, 0.1) is 17.3 Å². The molecule has 1 aromatic heterocycles. The Balaban J connectivity index is 1.57. The van der Waals surface area contributed by atoms with Crippen LogP contribution < -0.4 is 10.2 Å². The normalized spacial score (nSPS) is 18.4. The van der Waals surface area contributed by atoms with Crippen molar-refractivity contribution in [1.82, 2.24) is 20.0 Å². The van der Waals surface area contributed by atoms with Crippen LogP contribution in [0.5, 0.6) is 0 Å². The van der Waals surface area contributed by atoms with Crippen molar-refractivity contribution in [3.63, 3.8) is 0 Å². The molecule has 9 nitrogen and oxygen atoms in total. The molecular formula is C35H30F4N6O3. The van der Waals surface area contributed by atoms with Crippen LogP contribution in [0, 0.1) is 17.1 Å². The summed E-state index contributed by atoms with van der Waals surface area (Å²) in [4.78, 5) is 45.1. The number of nitriles is 1. The van der Waals surface area contributed by atoms with E-state index in [-0.39, 0.29) is 29.2 Å². The summed E-state index contributed by atoms with van der Waals surface area (Å²) < 4.78 is 56.2. The fourth-order valence-electron chi connectivity index (χ4n) is 6.38. The Labute approximate surface area is 273 Å². The average molecular weight is 659 g/mol. The number of hydrogen-bond donors (Lipinski definition) is 1. The Morgan fingerprint density at radius 1 is 1.06 bits per heavy atom. The zero-order valence-corrected chi connectivity index (χ0v) is 26.0. The van der Waals surface area contributed by atoms with Gasteiger partial charge in [0.25, 0.3) is 17.7 Å². The van der Waals surface area contributed by atoms with E-state index in [1.807, 2.05) is 0 Å². The third-order valence-electron chi connectivity index (χ3n) is 9.15. The second kappa shape index (κ2) is 12.3. The maximum atomic E-state index is 14.4. The zero-order chi connectivity index (χ0) is 34.4. The molecule has 0 radical (unpaired) electrons. The first kappa shape index (κ1) is 32.4. The van der Waals surface area contributed by atoms with Gasteiger partial charge in [0.1, 0.15) is 23.2 Å². The van der Waals surface area contributed by atoms with E-state index in [0.717, 1.165) is 18.6 Å². The maximum Gasteiger partial charge on any atom is 0.416 e. The molecule has 246 valence electrons. The van der Waals surface area contributed by atoms with Crippen molar-refractivity contribution in [3.05, 3.63) is 113 Å². The molecule has 0 spiro atoms. The van der Waals surface area contributed by atoms with Crippen LogP contribution >= 0.6 is 0 Å². The van der Waals surface area contributed by atoms with Gasteiger partial charge in [0.15, 0.2) is 5.69 Å². The van der Waals surface area contributed by atoms with Gasteiger partial charge in [-0.25, -0.2) is 9.07 Å². The summed E-state index contributed by atoms with van der Waals surface area (Å²) in [6.45, 7) is 1.77. The summed E-state index contributed by atoms with van der Waals surface area (Å²) in [6.07, 6.45) is -3.04. The molecule has 3 aromatic carbocycles. The Hall–Kier alpha value is -5.51. The van der Waals surface area contributed by atoms with Crippen LogP contribution in [0.2, 0.25) is 0 Å². The van der Waals surface area contributed by atoms with Crippen molar-refractivity contribution in [3.8, 4) is 11.8 Å². The first-order chi connectivity index (χ1) is 22.9. The van der Waals surface area contributed by atoms with Gasteiger partial charge in [-0.2, -0.15) is 23.5 Å². The molecule has 4 aromatic rings. The summed E-state index contributed by atoms with van der Waals surface area (Å²) in [5.41, 5.74) is -1.41. The minimum absolute atomic E-state index is 0.0715. The molecule has 1 fully saturated rings. The van der Waals surface area contributed by atoms with Gasteiger partial charge in [-0.05, 0) is 74.2 Å². The van der Waals surface area contributed by atoms with Gasteiger partial charge in [0, 0.05) is 30.6 Å². The van der Waals surface area contributed by atoms with Gasteiger partial charge in [-0.3, -0.25) is 19.3 Å². The zero-order valence-electron chi connectivity index (χ0n) is 26.0. The molecule has 1 saturated carbocycles. The van der Waals surface area contributed by atoms with Crippen LogP contribution in [0.25, 0.3) is 5.69 Å². The lowest BCUT2D eigenvalue weighted by Gasteiger charge is -2.43. The number of carbonyl (C=O) groups excluding carboxylic acids is 3. The number of benzene rings is 3. The van der Waals surface area contributed by atoms with Gasteiger partial charge < -0.3 is 10.2 Å². The van der Waals surface area contributed by atoms with Crippen molar-refractivity contribution in [2.45, 2.75) is 49.9 Å². The van der Waals surface area contributed by atoms with Crippen LogP contribution in [-0.2, 0) is 11.0 Å². The Bertz CT molecular complexity index is 1930. The molecule has 2 aliphatic rings. The van der Waals surface area contributed by atoms with Crippen LogP contribution in [0.3, 0.4) is 0 Å². The quantitative estimate of drug-likeness (QED) is 0.251. The molecule has 48 heavy (non-hydrogen) atoms. The molecule has 2 heterocycles. The number of likely N-dealkylation sites (N-methyl/N-ethyl adjacent to an activating group) is 1. The molecule has 0 unspecified atom stereocenters. The highest BCUT2D eigenvalue weighted by molar-refractivity contribution is 6.07. The molecule has 1 aliphatic heterocycles. The lowest BCUT2D eigenvalue weighted by molar-refractivity contribution is -0.137. The van der Waals surface area contributed by atoms with Crippen molar-refractivity contribution in [2.75, 3.05) is 18.5 Å². The molecule has 0 bridgehead atoms. The van der Waals surface area contributed by atoms with E-state index in [0.29, 0.717) is 30.2 Å². The molecule has 3 amide bonds. The Morgan fingerprint density at radius 2 is 1.75 bits per heavy atom. The van der Waals surface area contributed by atoms with Crippen molar-refractivity contribution < 1.29 is 31.9 Å². The second-order valence-electron chi connectivity index (χ2n) is 11.8. The molecule has 1 aliphatic carbocycles. The summed E-state index contributed by atoms with van der Waals surface area (Å²) in [6, 6.07) is 18.6. The van der Waals surface area contributed by atoms with Crippen LogP contribution in [0.1, 0.15) is 69.6 Å². The summed E-state index contributed by atoms with van der Waals surface area (Å²) in [7, 11) is 1.52. The van der Waals surface area contributed by atoms with Crippen molar-refractivity contribution >= 4 is 23.5 Å². The minimum atomic E-state index is -4.71. The molecule has 13 heteroatoms. The highest BCUT2D eigenvalue weighted by atomic mass is 19.4. The molecule has 1 N–H and O–H groups in total. The van der Waals surface area contributed by atoms with E-state index in [1.165, 1.54) is 51.9 Å². The molecule has 6 rings (SSSR count). The third kappa shape index (κ3) is 5.46. The number of anilines is 1. The number of hydrogen-bond acceptors (Lipinski definition) is 5. The number of rotatable bonds is 7. The molecule has 0 saturated heterocycles. The monoisotopic (exact) mass is 658 g/mol. The van der Waals surface area contributed by atoms with E-state index in [1.54, 1.807) is 37.3 Å². The smallest absolute Gasteiger partial charge is 0.339 e. The predicted molar refractivity (Wildman–Crippen MR) is 167 cm³/mol. The van der Waals surface area contributed by atoms with E-state index >= 15 is 0 Å². The van der Waals surface area contributed by atoms with Gasteiger partial charge >= 0.3 is 6.18 Å². The van der Waals surface area contributed by atoms with Gasteiger partial charge in [-0.15, -0.1) is 0 Å². The van der Waals surface area contributed by atoms with E-state index in [9.17, 15) is 37.2 Å². The highest BCUT2D eigenvalue weighted by Crippen LogP contribution is 2.45. The SMILES string of the molecule is CCN1C(=O)[C@@H](NC(=O)c2cccc(C(F)(F)F)c2)[C@@H](c2ccc(F)cc2)c2c(C(=O)N(C)C3(C#N)CCC3)nn(-c3ccccc3)c21. The van der Waals surface area contributed by atoms with Crippen LogP contribution in [0.4, 0.5) is 23.4 Å². The van der Waals surface area contributed by atoms with E-state index in [4.69, 9.17) is 5.10 Å². The van der Waals surface area contributed by atoms with Crippen LogP contribution in [-0.4, -0.2) is 57.6 Å². The first-order valence-corrected chi connectivity index (χ1v) is 15.3. The van der Waals surface area contributed by atoms with Crippen molar-refractivity contribution in [1.29, 1.82) is 5.26 Å². The number of para-hydroxylation sites is 1. The van der Waals surface area contributed by atoms with Gasteiger partial charge in [0.2, 0.25) is 0 Å². The minimum Gasteiger partial charge on any atom is -0.339 e. The fraction of sp³-hybridized carbons (Fsp3) is 0.286. The lowest BCUT2D eigenvalue weighted by Crippen LogP contribution is -2.56. The van der Waals surface area contributed by atoms with Gasteiger partial charge in [-0.1, -0.05) is 36.4 Å². The average Bonchev–Trinajstić information content (AvgIpc) is 3.45. The summed E-state index contributed by atoms with van der Waals surface area (Å²) in [5, 5.41) is 17.4. The molecular weight excluding hydrogens is 628 g/mol. The highest BCUT2D eigenvalue weighted by Gasteiger charge is 2.50. The molecule has 2 atom stereocenters. The van der Waals surface area contributed by atoms with Crippen LogP contribution in [0.15, 0.2) is 78.9 Å². The maximum absolute atomic E-state index is 14.4. The fourth-order valence-corrected chi connectivity index (χ4v) is 6.38. The number of nitrogens with one attached hydrogen (secondary N) is 1. The number of alkyl halides is 3. The van der Waals surface area contributed by atoms with E-state index < -0.39 is 52.8 Å². The number of carbonyl (C=O) groups is 3. The van der Waals surface area contributed by atoms with Crippen molar-refractivity contribution in [2.24, 2.45) is 0 Å². The van der Waals surface area contributed by atoms with E-state index in [2.05, 4.69) is 11.4 Å². The number of halogens is 4. The number of amides is 3. The largest absolute Gasteiger partial charge is 0.416 e. The first-order valence-electron chi connectivity index (χ1n) is 15.3. The standard InChI is InChI=1S/C35H30F4N6O3/c1-3-44-31-27(29(42-45(31)25-11-5-4-6-12-25)32(47)43(2)34(20-40)17-8-18-34)26(21-13-15-24(36)16-14-21)28(33(44)48)41-30(46)22-9-7-10-23(19-22)35(37,38)39/h4-7,9-16,19,26,28H,3,8,17-18H2,1-2H3,(H,41,46)/t26-,28-/m0/s1. The summed E-state index contributed by atoms with van der Waals surface area (Å²) >= 11 is 0. The number of fused-ring (bicyclic) bond motifs is 1. The Kier molecular flexibility index (Phi) is 8.28. The second-order valence-corrected chi connectivity index (χ2v) is 11.8. The third-order valence-corrected chi connectivity index (χ3v) is 9.15. The Morgan fingerprint density at radius 3 is 2.33 bits per heavy atom. The topological polar surface area (TPSA) is 111 Å². The number of aromatic nitrogens is 2. The summed E-state index contributed by atoms with van der Waals surface area (Å²) in [5.74, 6) is -3.62.